The molecule has 112 valence electrons. The van der Waals surface area contributed by atoms with E-state index in [0.717, 1.165) is 51.5 Å². The lowest BCUT2D eigenvalue weighted by atomic mass is 10.2. The molecule has 0 saturated carbocycles. The number of pyridine rings is 1. The molecule has 1 saturated heterocycles. The number of rotatable bonds is 7. The van der Waals surface area contributed by atoms with Crippen molar-refractivity contribution in [3.63, 3.8) is 0 Å². The normalized spacial score (nSPS) is 20.0. The molecule has 1 aromatic heterocycles. The zero-order chi connectivity index (χ0) is 14.2. The first-order valence-electron chi connectivity index (χ1n) is 7.36. The number of hydrogen-bond donors (Lipinski definition) is 1. The minimum absolute atomic E-state index is 0.420. The van der Waals surface area contributed by atoms with Crippen LogP contribution in [0.2, 0.25) is 0 Å². The van der Waals surface area contributed by atoms with Crippen molar-refractivity contribution in [1.82, 2.24) is 15.2 Å². The van der Waals surface area contributed by atoms with E-state index in [2.05, 4.69) is 28.2 Å². The molecule has 1 aliphatic rings. The molecule has 0 amide bonds. The lowest BCUT2D eigenvalue weighted by Crippen LogP contribution is -2.50. The molecule has 5 nitrogen and oxygen atoms in total. The van der Waals surface area contributed by atoms with E-state index in [1.54, 1.807) is 7.11 Å². The summed E-state index contributed by atoms with van der Waals surface area (Å²) in [5.41, 5.74) is 1.05. The van der Waals surface area contributed by atoms with Crippen LogP contribution in [0.1, 0.15) is 19.0 Å². The van der Waals surface area contributed by atoms with Crippen LogP contribution in [0.5, 0.6) is 5.88 Å². The summed E-state index contributed by atoms with van der Waals surface area (Å²) in [4.78, 5) is 6.93. The molecule has 0 aliphatic carbocycles. The van der Waals surface area contributed by atoms with E-state index in [1.807, 2.05) is 12.1 Å². The Bertz CT molecular complexity index is 400. The average Bonchev–Trinajstić information content (AvgIpc) is 2.49. The van der Waals surface area contributed by atoms with Crippen LogP contribution in [0.4, 0.5) is 0 Å². The molecule has 1 aliphatic heterocycles. The Morgan fingerprint density at radius 3 is 3.20 bits per heavy atom. The van der Waals surface area contributed by atoms with Crippen molar-refractivity contribution in [3.05, 3.63) is 23.9 Å². The lowest BCUT2D eigenvalue weighted by molar-refractivity contribution is -0.0114. The maximum atomic E-state index is 5.60. The Labute approximate surface area is 121 Å². The van der Waals surface area contributed by atoms with E-state index in [-0.39, 0.29) is 0 Å². The molecule has 0 radical (unpaired) electrons. The highest BCUT2D eigenvalue weighted by molar-refractivity contribution is 5.15. The minimum atomic E-state index is 0.420. The summed E-state index contributed by atoms with van der Waals surface area (Å²) < 4.78 is 10.8. The van der Waals surface area contributed by atoms with E-state index in [9.17, 15) is 0 Å². The first kappa shape index (κ1) is 15.2. The zero-order valence-electron chi connectivity index (χ0n) is 12.5. The molecule has 2 rings (SSSR count). The Morgan fingerprint density at radius 2 is 2.40 bits per heavy atom. The van der Waals surface area contributed by atoms with Gasteiger partial charge in [-0.3, -0.25) is 4.90 Å². The van der Waals surface area contributed by atoms with Crippen molar-refractivity contribution >= 4 is 0 Å². The fourth-order valence-corrected chi connectivity index (χ4v) is 2.40. The second kappa shape index (κ2) is 8.19. The van der Waals surface area contributed by atoms with Gasteiger partial charge in [-0.1, -0.05) is 13.0 Å². The highest BCUT2D eigenvalue weighted by Crippen LogP contribution is 2.13. The fraction of sp³-hybridized carbons (Fsp3) is 0.667. The highest BCUT2D eigenvalue weighted by atomic mass is 16.5. The summed E-state index contributed by atoms with van der Waals surface area (Å²) >= 11 is 0. The maximum absolute atomic E-state index is 5.60. The number of methoxy groups -OCH3 is 1. The van der Waals surface area contributed by atoms with Gasteiger partial charge in [-0.05, 0) is 19.0 Å². The number of nitrogens with zero attached hydrogens (tertiary/aromatic N) is 2. The molecule has 20 heavy (non-hydrogen) atoms. The van der Waals surface area contributed by atoms with E-state index >= 15 is 0 Å². The van der Waals surface area contributed by atoms with Crippen molar-refractivity contribution < 1.29 is 9.47 Å². The van der Waals surface area contributed by atoms with Crippen LogP contribution >= 0.6 is 0 Å². The molecular formula is C15H25N3O2. The Morgan fingerprint density at radius 1 is 1.50 bits per heavy atom. The molecule has 2 heterocycles. The van der Waals surface area contributed by atoms with Crippen LogP contribution in [0.15, 0.2) is 18.2 Å². The Hall–Kier alpha value is -1.17. The molecule has 1 unspecified atom stereocenters. The van der Waals surface area contributed by atoms with Crippen molar-refractivity contribution in [1.29, 1.82) is 0 Å². The topological polar surface area (TPSA) is 46.6 Å². The van der Waals surface area contributed by atoms with Crippen molar-refractivity contribution in [2.24, 2.45) is 0 Å². The summed E-state index contributed by atoms with van der Waals surface area (Å²) in [6.07, 6.45) is 1.16. The Kier molecular flexibility index (Phi) is 6.24. The van der Waals surface area contributed by atoms with Gasteiger partial charge in [0.05, 0.1) is 26.0 Å². The molecule has 1 fully saturated rings. The molecule has 5 heteroatoms. The van der Waals surface area contributed by atoms with Gasteiger partial charge in [-0.25, -0.2) is 4.98 Å². The second-order valence-corrected chi connectivity index (χ2v) is 5.07. The SMILES string of the molecule is CCCNCC1COCCN1Cc1cccc(OC)n1. The number of aromatic nitrogens is 1. The van der Waals surface area contributed by atoms with Crippen molar-refractivity contribution in [2.75, 3.05) is 40.0 Å². The second-order valence-electron chi connectivity index (χ2n) is 5.07. The summed E-state index contributed by atoms with van der Waals surface area (Å²) in [7, 11) is 1.65. The third kappa shape index (κ3) is 4.44. The number of ether oxygens (including phenoxy) is 2. The monoisotopic (exact) mass is 279 g/mol. The van der Waals surface area contributed by atoms with Gasteiger partial charge in [0.15, 0.2) is 0 Å². The van der Waals surface area contributed by atoms with Crippen molar-refractivity contribution in [3.8, 4) is 5.88 Å². The lowest BCUT2D eigenvalue weighted by Gasteiger charge is -2.35. The minimum Gasteiger partial charge on any atom is -0.481 e. The summed E-state index contributed by atoms with van der Waals surface area (Å²) in [5, 5.41) is 3.48. The van der Waals surface area contributed by atoms with Gasteiger partial charge in [0.1, 0.15) is 0 Å². The zero-order valence-corrected chi connectivity index (χ0v) is 12.5. The standard InChI is InChI=1S/C15H25N3O2/c1-3-7-16-10-14-12-20-9-8-18(14)11-13-5-4-6-15(17-13)19-2/h4-6,14,16H,3,7-12H2,1-2H3. The molecule has 1 aromatic rings. The molecule has 0 aromatic carbocycles. The van der Waals surface area contributed by atoms with Crippen LogP contribution in [0.25, 0.3) is 0 Å². The van der Waals surface area contributed by atoms with Crippen LogP contribution < -0.4 is 10.1 Å². The van der Waals surface area contributed by atoms with Gasteiger partial charge in [0, 0.05) is 31.7 Å². The largest absolute Gasteiger partial charge is 0.481 e. The van der Waals surface area contributed by atoms with E-state index < -0.39 is 0 Å². The third-order valence-corrected chi connectivity index (χ3v) is 3.51. The predicted molar refractivity (Wildman–Crippen MR) is 79.0 cm³/mol. The first-order chi connectivity index (χ1) is 9.83. The summed E-state index contributed by atoms with van der Waals surface area (Å²) in [5.74, 6) is 0.677. The molecule has 1 N–H and O–H groups in total. The number of hydrogen-bond acceptors (Lipinski definition) is 5. The van der Waals surface area contributed by atoms with Gasteiger partial charge in [-0.2, -0.15) is 0 Å². The van der Waals surface area contributed by atoms with Crippen LogP contribution in [-0.2, 0) is 11.3 Å². The Balaban J connectivity index is 1.93. The van der Waals surface area contributed by atoms with Gasteiger partial charge in [0.2, 0.25) is 5.88 Å². The van der Waals surface area contributed by atoms with Crippen LogP contribution in [0.3, 0.4) is 0 Å². The number of nitrogens with one attached hydrogen (secondary N) is 1. The van der Waals surface area contributed by atoms with E-state index in [4.69, 9.17) is 9.47 Å². The predicted octanol–water partition coefficient (Wildman–Crippen LogP) is 1.29. The molecular weight excluding hydrogens is 254 g/mol. The van der Waals surface area contributed by atoms with Gasteiger partial charge >= 0.3 is 0 Å². The average molecular weight is 279 g/mol. The van der Waals surface area contributed by atoms with E-state index in [1.165, 1.54) is 0 Å². The van der Waals surface area contributed by atoms with Gasteiger partial charge in [0.25, 0.3) is 0 Å². The smallest absolute Gasteiger partial charge is 0.213 e. The quantitative estimate of drug-likeness (QED) is 0.762. The third-order valence-electron chi connectivity index (χ3n) is 3.51. The van der Waals surface area contributed by atoms with Gasteiger partial charge < -0.3 is 14.8 Å². The van der Waals surface area contributed by atoms with Crippen molar-refractivity contribution in [2.45, 2.75) is 25.9 Å². The molecule has 0 bridgehead atoms. The fourth-order valence-electron chi connectivity index (χ4n) is 2.40. The maximum Gasteiger partial charge on any atom is 0.213 e. The molecule has 0 spiro atoms. The van der Waals surface area contributed by atoms with Crippen LogP contribution in [-0.4, -0.2) is 55.9 Å². The van der Waals surface area contributed by atoms with Gasteiger partial charge in [-0.15, -0.1) is 0 Å². The summed E-state index contributed by atoms with van der Waals surface area (Å²) in [6.45, 7) is 7.60. The first-order valence-corrected chi connectivity index (χ1v) is 7.36. The van der Waals surface area contributed by atoms with E-state index in [0.29, 0.717) is 11.9 Å². The highest BCUT2D eigenvalue weighted by Gasteiger charge is 2.23. The summed E-state index contributed by atoms with van der Waals surface area (Å²) in [6, 6.07) is 6.34. The molecule has 1 atom stereocenters. The number of morpholine rings is 1. The van der Waals surface area contributed by atoms with Crippen LogP contribution in [0, 0.1) is 0 Å².